The molecule has 1 spiro atoms. The molecule has 0 aromatic rings. The van der Waals surface area contributed by atoms with Gasteiger partial charge in [-0.1, -0.05) is 26.0 Å². The molecular weight excluding hydrogens is 308 g/mol. The number of carbonyl (C=O) groups is 1. The first-order valence-electron chi connectivity index (χ1n) is 8.85. The van der Waals surface area contributed by atoms with Crippen LogP contribution >= 0.6 is 0 Å². The predicted molar refractivity (Wildman–Crippen MR) is 85.3 cm³/mol. The smallest absolute Gasteiger partial charge is 0.330 e. The maximum atomic E-state index is 12.1. The zero-order chi connectivity index (χ0) is 16.9. The van der Waals surface area contributed by atoms with Gasteiger partial charge in [-0.2, -0.15) is 0 Å². The Morgan fingerprint density at radius 3 is 2.79 bits per heavy atom. The average Bonchev–Trinajstić information content (AvgIpc) is 3.40. The number of rotatable bonds is 2. The second-order valence-electron chi connectivity index (χ2n) is 8.26. The molecule has 3 saturated heterocycles. The molecule has 2 bridgehead atoms. The topological polar surface area (TPSA) is 60.6 Å². The Balaban J connectivity index is 1.60. The van der Waals surface area contributed by atoms with Gasteiger partial charge in [0.1, 0.15) is 17.8 Å². The van der Waals surface area contributed by atoms with E-state index in [4.69, 9.17) is 18.9 Å². The van der Waals surface area contributed by atoms with Crippen molar-refractivity contribution in [3.63, 3.8) is 0 Å². The third kappa shape index (κ3) is 1.46. The number of epoxide rings is 2. The lowest BCUT2D eigenvalue weighted by atomic mass is 9.52. The molecule has 130 valence electrons. The van der Waals surface area contributed by atoms with Crippen LogP contribution in [0.25, 0.3) is 0 Å². The van der Waals surface area contributed by atoms with Crippen LogP contribution < -0.4 is 0 Å². The van der Waals surface area contributed by atoms with Crippen molar-refractivity contribution in [2.45, 2.75) is 70.2 Å². The molecule has 0 aromatic heterocycles. The number of esters is 1. The highest BCUT2D eigenvalue weighted by atomic mass is 16.6. The lowest BCUT2D eigenvalue weighted by molar-refractivity contribution is -0.212. The molecule has 2 aliphatic carbocycles. The molecule has 3 heterocycles. The molecule has 3 unspecified atom stereocenters. The Morgan fingerprint density at radius 1 is 1.38 bits per heavy atom. The van der Waals surface area contributed by atoms with Gasteiger partial charge in [-0.3, -0.25) is 0 Å². The molecule has 0 radical (unpaired) electrons. The van der Waals surface area contributed by atoms with Crippen molar-refractivity contribution in [2.75, 3.05) is 6.61 Å². The maximum Gasteiger partial charge on any atom is 0.330 e. The van der Waals surface area contributed by atoms with Crippen molar-refractivity contribution in [3.05, 3.63) is 23.8 Å². The molecule has 5 nitrogen and oxygen atoms in total. The van der Waals surface area contributed by atoms with Gasteiger partial charge in [0.05, 0.1) is 24.9 Å². The zero-order valence-corrected chi connectivity index (χ0v) is 14.6. The van der Waals surface area contributed by atoms with E-state index in [0.717, 1.165) is 0 Å². The fourth-order valence-corrected chi connectivity index (χ4v) is 5.77. The van der Waals surface area contributed by atoms with E-state index in [2.05, 4.69) is 26.8 Å². The van der Waals surface area contributed by atoms with Gasteiger partial charge in [0.15, 0.2) is 0 Å². The number of hydrogen-bond donors (Lipinski definition) is 0. The molecule has 24 heavy (non-hydrogen) atoms. The van der Waals surface area contributed by atoms with E-state index in [1.54, 1.807) is 6.08 Å². The lowest BCUT2D eigenvalue weighted by Gasteiger charge is -2.56. The van der Waals surface area contributed by atoms with Crippen LogP contribution in [0.15, 0.2) is 23.8 Å². The molecule has 5 heteroatoms. The number of fused-ring (bicyclic) bond motifs is 4. The summed E-state index contributed by atoms with van der Waals surface area (Å²) in [6, 6.07) is 0. The first-order valence-corrected chi connectivity index (χ1v) is 8.85. The van der Waals surface area contributed by atoms with Gasteiger partial charge < -0.3 is 18.9 Å². The summed E-state index contributed by atoms with van der Waals surface area (Å²) in [6.07, 6.45) is 6.12. The first kappa shape index (κ1) is 15.1. The van der Waals surface area contributed by atoms with Crippen molar-refractivity contribution < 1.29 is 23.7 Å². The Hall–Kier alpha value is -1.17. The molecule has 0 aromatic carbocycles. The van der Waals surface area contributed by atoms with Crippen LogP contribution in [0.1, 0.15) is 34.1 Å². The minimum Gasteiger partial charge on any atom is -0.458 e. The Bertz CT molecular complexity index is 677. The molecule has 3 aliphatic heterocycles. The normalized spacial score (nSPS) is 56.7. The summed E-state index contributed by atoms with van der Waals surface area (Å²) in [5.41, 5.74) is 0.332. The van der Waals surface area contributed by atoms with Crippen LogP contribution in [0, 0.1) is 10.8 Å². The van der Waals surface area contributed by atoms with E-state index in [9.17, 15) is 4.79 Å². The molecule has 1 saturated carbocycles. The largest absolute Gasteiger partial charge is 0.458 e. The van der Waals surface area contributed by atoms with Crippen molar-refractivity contribution in [2.24, 2.45) is 10.8 Å². The van der Waals surface area contributed by atoms with Gasteiger partial charge in [0.2, 0.25) is 0 Å². The van der Waals surface area contributed by atoms with E-state index < -0.39 is 0 Å². The third-order valence-corrected chi connectivity index (χ3v) is 7.45. The van der Waals surface area contributed by atoms with Crippen LogP contribution in [-0.2, 0) is 23.7 Å². The Kier molecular flexibility index (Phi) is 2.72. The van der Waals surface area contributed by atoms with Crippen LogP contribution in [-0.4, -0.2) is 48.7 Å². The predicted octanol–water partition coefficient (Wildman–Crippen LogP) is 2.15. The van der Waals surface area contributed by atoms with E-state index in [1.807, 2.05) is 6.92 Å². The fraction of sp³-hybridized carbons (Fsp3) is 0.737. The third-order valence-electron chi connectivity index (χ3n) is 7.45. The van der Waals surface area contributed by atoms with E-state index in [-0.39, 0.29) is 52.9 Å². The van der Waals surface area contributed by atoms with E-state index in [1.165, 1.54) is 11.6 Å². The van der Waals surface area contributed by atoms with Crippen molar-refractivity contribution in [1.82, 2.24) is 0 Å². The quantitative estimate of drug-likeness (QED) is 0.336. The second-order valence-corrected chi connectivity index (χ2v) is 8.26. The van der Waals surface area contributed by atoms with E-state index in [0.29, 0.717) is 13.0 Å². The summed E-state index contributed by atoms with van der Waals surface area (Å²) < 4.78 is 24.4. The highest BCUT2D eigenvalue weighted by Gasteiger charge is 2.85. The summed E-state index contributed by atoms with van der Waals surface area (Å²) in [7, 11) is 0. The van der Waals surface area contributed by atoms with Crippen LogP contribution in [0.2, 0.25) is 0 Å². The molecule has 0 N–H and O–H groups in total. The fourth-order valence-electron chi connectivity index (χ4n) is 5.77. The molecule has 5 aliphatic rings. The highest BCUT2D eigenvalue weighted by Crippen LogP contribution is 2.74. The highest BCUT2D eigenvalue weighted by molar-refractivity contribution is 5.82. The molecule has 4 fully saturated rings. The summed E-state index contributed by atoms with van der Waals surface area (Å²) in [6.45, 7) is 9.05. The monoisotopic (exact) mass is 332 g/mol. The molecule has 0 amide bonds. The molecule has 8 atom stereocenters. The Labute approximate surface area is 142 Å². The summed E-state index contributed by atoms with van der Waals surface area (Å²) >= 11 is 0. The summed E-state index contributed by atoms with van der Waals surface area (Å²) in [4.78, 5) is 12.1. The van der Waals surface area contributed by atoms with Gasteiger partial charge in [0, 0.05) is 23.3 Å². The standard InChI is InChI=1S/C19H24O5/c1-5-6-14(20)23-12-8-13-19(9-21-19)18(12,4)17(3)11(22-13)7-10(2)15-16(17)24-15/h5-7,11-13,15-16H,8-9H2,1-4H3/b6-5-/t11?,12-,13?,15+,16+,17-,18-,19?/m1/s1. The van der Waals surface area contributed by atoms with Crippen molar-refractivity contribution in [1.29, 1.82) is 0 Å². The molecule has 5 rings (SSSR count). The number of ether oxygens (including phenoxy) is 4. The van der Waals surface area contributed by atoms with Crippen LogP contribution in [0.4, 0.5) is 0 Å². The summed E-state index contributed by atoms with van der Waals surface area (Å²) in [5.74, 6) is -0.289. The van der Waals surface area contributed by atoms with Gasteiger partial charge in [0.25, 0.3) is 0 Å². The first-order chi connectivity index (χ1) is 11.4. The minimum absolute atomic E-state index is 0.0171. The van der Waals surface area contributed by atoms with Crippen LogP contribution in [0.5, 0.6) is 0 Å². The van der Waals surface area contributed by atoms with Crippen LogP contribution in [0.3, 0.4) is 0 Å². The van der Waals surface area contributed by atoms with Gasteiger partial charge in [-0.05, 0) is 19.4 Å². The maximum absolute atomic E-state index is 12.1. The number of hydrogen-bond acceptors (Lipinski definition) is 5. The Morgan fingerprint density at radius 2 is 2.12 bits per heavy atom. The van der Waals surface area contributed by atoms with Crippen molar-refractivity contribution >= 4 is 5.97 Å². The SMILES string of the molecule is C/C=C\C(=O)O[C@@H]1CC2OC3C=C(C)[C@@H]4O[C@@H]4[C@]3(C)[C@]1(C)C21CO1. The average molecular weight is 332 g/mol. The summed E-state index contributed by atoms with van der Waals surface area (Å²) in [5, 5.41) is 0. The molecular formula is C19H24O5. The zero-order valence-electron chi connectivity index (χ0n) is 14.6. The van der Waals surface area contributed by atoms with Gasteiger partial charge in [-0.15, -0.1) is 0 Å². The van der Waals surface area contributed by atoms with Gasteiger partial charge in [-0.25, -0.2) is 4.79 Å². The van der Waals surface area contributed by atoms with E-state index >= 15 is 0 Å². The minimum atomic E-state index is -0.339. The lowest BCUT2D eigenvalue weighted by Crippen LogP contribution is -2.66. The van der Waals surface area contributed by atoms with Gasteiger partial charge >= 0.3 is 5.97 Å². The second kappa shape index (κ2) is 4.32. The number of carbonyl (C=O) groups excluding carboxylic acids is 1. The number of allylic oxidation sites excluding steroid dienone is 1. The van der Waals surface area contributed by atoms with Crippen molar-refractivity contribution in [3.8, 4) is 0 Å².